The van der Waals surface area contributed by atoms with Crippen LogP contribution in [-0.2, 0) is 34.4 Å². The zero-order chi connectivity index (χ0) is 18.5. The summed E-state index contributed by atoms with van der Waals surface area (Å²) in [6.07, 6.45) is 0.123. The Hall–Kier alpha value is -2.61. The van der Waals surface area contributed by atoms with E-state index >= 15 is 0 Å². The molecule has 1 N–H and O–H groups in total. The molecule has 0 radical (unpaired) electrons. The van der Waals surface area contributed by atoms with Gasteiger partial charge in [0.25, 0.3) is 0 Å². The number of nitrogens with zero attached hydrogens (tertiary/aromatic N) is 4. The first-order valence-corrected chi connectivity index (χ1v) is 7.35. The van der Waals surface area contributed by atoms with Gasteiger partial charge in [-0.05, 0) is 0 Å². The van der Waals surface area contributed by atoms with Gasteiger partial charge in [-0.15, -0.1) is 20.4 Å². The van der Waals surface area contributed by atoms with Crippen LogP contribution in [0.25, 0.3) is 0 Å². The van der Waals surface area contributed by atoms with Crippen molar-refractivity contribution in [1.29, 1.82) is 0 Å². The lowest BCUT2D eigenvalue weighted by Gasteiger charge is -2.06. The third kappa shape index (κ3) is 8.74. The molecule has 2 rings (SSSR count). The predicted molar refractivity (Wildman–Crippen MR) is 74.6 cm³/mol. The van der Waals surface area contributed by atoms with Gasteiger partial charge in [0.05, 0.1) is 12.3 Å². The number of hydrogen-bond acceptors (Lipinski definition) is 11. The van der Waals surface area contributed by atoms with E-state index in [2.05, 4.69) is 20.4 Å². The highest BCUT2D eigenvalue weighted by molar-refractivity contribution is 7.51. The van der Waals surface area contributed by atoms with Crippen molar-refractivity contribution in [2.45, 2.75) is 32.6 Å². The molecule has 0 aliphatic carbocycles. The summed E-state index contributed by atoms with van der Waals surface area (Å²) in [7, 11) is 0. The molecule has 132 valence electrons. The topological polar surface area (TPSA) is 183 Å². The maximum atomic E-state index is 10.8. The molecular formula is C10H12N4O8S2. The Bertz CT molecular complexity index is 706. The number of carboxylic acids is 1. The molecular weight excluding hydrogens is 368 g/mol. The standard InChI is InChI=1S/C10H12N4O4.2O2S/c1-5-11-13-8(17-5)3-7(4-9(15)16)10-14-12-6(2)18-10;2*1-3-2/h7H,3-4H2,1-2H3,(H,15,16);;. The largest absolute Gasteiger partial charge is 0.481 e. The first kappa shape index (κ1) is 21.4. The zero-order valence-corrected chi connectivity index (χ0v) is 14.0. The summed E-state index contributed by atoms with van der Waals surface area (Å²) in [6.45, 7) is 3.31. The second-order valence-electron chi connectivity index (χ2n) is 4.01. The van der Waals surface area contributed by atoms with Gasteiger partial charge >= 0.3 is 29.1 Å². The maximum absolute atomic E-state index is 10.8. The van der Waals surface area contributed by atoms with E-state index < -0.39 is 35.0 Å². The fourth-order valence-electron chi connectivity index (χ4n) is 1.57. The Kier molecular flexibility index (Phi) is 10.6. The van der Waals surface area contributed by atoms with Crippen molar-refractivity contribution in [3.63, 3.8) is 0 Å². The molecule has 24 heavy (non-hydrogen) atoms. The van der Waals surface area contributed by atoms with E-state index in [-0.39, 0.29) is 18.7 Å². The number of carboxylic acid groups (broad SMARTS) is 1. The Morgan fingerprint density at radius 2 is 1.50 bits per heavy atom. The fourth-order valence-corrected chi connectivity index (χ4v) is 1.57. The van der Waals surface area contributed by atoms with Crippen molar-refractivity contribution >= 4 is 29.1 Å². The summed E-state index contributed by atoms with van der Waals surface area (Å²) in [5.74, 6) is 0.0267. The maximum Gasteiger partial charge on any atom is 0.335 e. The van der Waals surface area contributed by atoms with Crippen molar-refractivity contribution < 1.29 is 35.6 Å². The molecule has 0 bridgehead atoms. The van der Waals surface area contributed by atoms with Crippen LogP contribution in [0.4, 0.5) is 0 Å². The summed E-state index contributed by atoms with van der Waals surface area (Å²) in [5, 5.41) is 23.9. The molecule has 0 aliphatic heterocycles. The van der Waals surface area contributed by atoms with Gasteiger partial charge in [0.1, 0.15) is 0 Å². The number of rotatable bonds is 5. The van der Waals surface area contributed by atoms with Gasteiger partial charge in [-0.3, -0.25) is 4.79 Å². The molecule has 2 aromatic heterocycles. The fraction of sp³-hybridized carbons (Fsp3) is 0.500. The summed E-state index contributed by atoms with van der Waals surface area (Å²) < 4.78 is 43.6. The zero-order valence-electron chi connectivity index (χ0n) is 12.4. The molecule has 0 spiro atoms. The Balaban J connectivity index is 0.000000772. The van der Waals surface area contributed by atoms with Crippen molar-refractivity contribution in [2.24, 2.45) is 0 Å². The molecule has 0 fully saturated rings. The van der Waals surface area contributed by atoms with Gasteiger partial charge in [0.2, 0.25) is 23.6 Å². The molecule has 0 aliphatic rings. The Morgan fingerprint density at radius 3 is 1.88 bits per heavy atom. The Labute approximate surface area is 141 Å². The average Bonchev–Trinajstić information content (AvgIpc) is 3.08. The van der Waals surface area contributed by atoms with Gasteiger partial charge in [-0.25, -0.2) is 0 Å². The molecule has 1 atom stereocenters. The second-order valence-corrected chi connectivity index (χ2v) is 4.28. The number of aliphatic carboxylic acids is 1. The number of hydrogen-bond donors (Lipinski definition) is 1. The van der Waals surface area contributed by atoms with E-state index in [4.69, 9.17) is 30.8 Å². The second kappa shape index (κ2) is 11.9. The Morgan fingerprint density at radius 1 is 1.00 bits per heavy atom. The molecule has 0 aromatic carbocycles. The molecule has 0 saturated carbocycles. The summed E-state index contributed by atoms with van der Waals surface area (Å²) >= 11 is -1.50. The van der Waals surface area contributed by atoms with E-state index in [0.29, 0.717) is 17.7 Å². The molecule has 2 heterocycles. The summed E-state index contributed by atoms with van der Waals surface area (Å²) in [6, 6.07) is 0. The van der Waals surface area contributed by atoms with Gasteiger partial charge < -0.3 is 13.9 Å². The van der Waals surface area contributed by atoms with Gasteiger partial charge in [0.15, 0.2) is 0 Å². The van der Waals surface area contributed by atoms with Crippen LogP contribution in [0.3, 0.4) is 0 Å². The summed E-state index contributed by atoms with van der Waals surface area (Å²) in [4.78, 5) is 10.8. The van der Waals surface area contributed by atoms with Crippen LogP contribution < -0.4 is 0 Å². The van der Waals surface area contributed by atoms with E-state index in [9.17, 15) is 4.79 Å². The molecule has 2 aromatic rings. The lowest BCUT2D eigenvalue weighted by molar-refractivity contribution is -0.137. The van der Waals surface area contributed by atoms with Crippen LogP contribution in [0, 0.1) is 13.8 Å². The van der Waals surface area contributed by atoms with E-state index in [0.717, 1.165) is 0 Å². The number of aromatic nitrogens is 4. The van der Waals surface area contributed by atoms with E-state index in [1.54, 1.807) is 13.8 Å². The highest BCUT2D eigenvalue weighted by atomic mass is 32.1. The van der Waals surface area contributed by atoms with E-state index in [1.165, 1.54) is 0 Å². The van der Waals surface area contributed by atoms with Crippen molar-refractivity contribution in [2.75, 3.05) is 0 Å². The molecule has 0 amide bonds. The quantitative estimate of drug-likeness (QED) is 0.704. The summed E-state index contributed by atoms with van der Waals surface area (Å²) in [5.41, 5.74) is 0. The predicted octanol–water partition coefficient (Wildman–Crippen LogP) is -0.470. The van der Waals surface area contributed by atoms with Crippen LogP contribution in [0.15, 0.2) is 8.83 Å². The third-order valence-corrected chi connectivity index (χ3v) is 2.30. The lowest BCUT2D eigenvalue weighted by atomic mass is 10.0. The van der Waals surface area contributed by atoms with E-state index in [1.807, 2.05) is 0 Å². The first-order valence-electron chi connectivity index (χ1n) is 6.02. The highest BCUT2D eigenvalue weighted by Gasteiger charge is 2.24. The van der Waals surface area contributed by atoms with Crippen LogP contribution in [0.2, 0.25) is 0 Å². The number of aryl methyl sites for hydroxylation is 2. The SMILES string of the molecule is Cc1nnc(CC(CC(=O)O)c2nnc(C)o2)o1.O=S=O.O=S=O. The molecule has 1 unspecified atom stereocenters. The van der Waals surface area contributed by atoms with Crippen LogP contribution in [-0.4, -0.2) is 48.3 Å². The minimum atomic E-state index is -0.952. The van der Waals surface area contributed by atoms with Crippen molar-refractivity contribution in [3.05, 3.63) is 23.6 Å². The lowest BCUT2D eigenvalue weighted by Crippen LogP contribution is -2.10. The van der Waals surface area contributed by atoms with Crippen molar-refractivity contribution in [3.8, 4) is 0 Å². The molecule has 0 saturated heterocycles. The van der Waals surface area contributed by atoms with Crippen LogP contribution in [0.5, 0.6) is 0 Å². The molecule has 12 nitrogen and oxygen atoms in total. The third-order valence-electron chi connectivity index (χ3n) is 2.30. The minimum Gasteiger partial charge on any atom is -0.481 e. The first-order chi connectivity index (χ1) is 11.4. The van der Waals surface area contributed by atoms with Crippen molar-refractivity contribution in [1.82, 2.24) is 20.4 Å². The molecule has 14 heteroatoms. The van der Waals surface area contributed by atoms with Gasteiger partial charge in [0, 0.05) is 20.3 Å². The van der Waals surface area contributed by atoms with Crippen LogP contribution >= 0.6 is 0 Å². The normalized spacial score (nSPS) is 10.4. The van der Waals surface area contributed by atoms with Gasteiger partial charge in [-0.1, -0.05) is 0 Å². The minimum absolute atomic E-state index is 0.136. The average molecular weight is 380 g/mol. The van der Waals surface area contributed by atoms with Crippen LogP contribution in [0.1, 0.15) is 35.9 Å². The monoisotopic (exact) mass is 380 g/mol. The van der Waals surface area contributed by atoms with Gasteiger partial charge in [-0.2, -0.15) is 16.8 Å². The smallest absolute Gasteiger partial charge is 0.335 e. The highest BCUT2D eigenvalue weighted by Crippen LogP contribution is 2.22. The number of carbonyl (C=O) groups is 1.